The number of hydrogen-bond donors (Lipinski definition) is 1. The molecule has 6 heteroatoms. The Morgan fingerprint density at radius 2 is 1.93 bits per heavy atom. The van der Waals surface area contributed by atoms with Gasteiger partial charge in [-0.3, -0.25) is 0 Å². The second-order valence-electron chi connectivity index (χ2n) is 7.58. The van der Waals surface area contributed by atoms with Crippen LogP contribution in [-0.2, 0) is 17.8 Å². The lowest BCUT2D eigenvalue weighted by atomic mass is 10.1. The highest BCUT2D eigenvalue weighted by molar-refractivity contribution is 8.00. The fourth-order valence-electron chi connectivity index (χ4n) is 3.82. The van der Waals surface area contributed by atoms with Crippen LogP contribution >= 0.6 is 11.8 Å². The van der Waals surface area contributed by atoms with Crippen LogP contribution in [0, 0.1) is 0 Å². The van der Waals surface area contributed by atoms with Crippen molar-refractivity contribution in [2.24, 2.45) is 0 Å². The summed E-state index contributed by atoms with van der Waals surface area (Å²) in [6, 6.07) is 18.2. The maximum atomic E-state index is 12.5. The van der Waals surface area contributed by atoms with Gasteiger partial charge in [0.1, 0.15) is 19.0 Å². The van der Waals surface area contributed by atoms with Gasteiger partial charge in [-0.2, -0.15) is 0 Å². The molecule has 0 bridgehead atoms. The maximum absolute atomic E-state index is 12.5. The Morgan fingerprint density at radius 3 is 2.69 bits per heavy atom. The van der Waals surface area contributed by atoms with Gasteiger partial charge in [-0.1, -0.05) is 42.5 Å². The molecule has 2 aromatic rings. The van der Waals surface area contributed by atoms with E-state index in [4.69, 9.17) is 9.47 Å². The summed E-state index contributed by atoms with van der Waals surface area (Å²) in [7, 11) is 0. The number of amides is 1. The molecule has 0 spiro atoms. The highest BCUT2D eigenvalue weighted by Gasteiger charge is 2.30. The number of rotatable bonds is 7. The van der Waals surface area contributed by atoms with Crippen LogP contribution in [0.25, 0.3) is 0 Å². The number of benzene rings is 2. The molecular formula is C23H28N2O3S. The van der Waals surface area contributed by atoms with E-state index in [2.05, 4.69) is 17.4 Å². The van der Waals surface area contributed by atoms with Crippen LogP contribution in [0.2, 0.25) is 0 Å². The van der Waals surface area contributed by atoms with Crippen LogP contribution < -0.4 is 10.1 Å². The van der Waals surface area contributed by atoms with E-state index in [1.54, 1.807) is 0 Å². The standard InChI is InChI=1S/C23H28N2O3S/c26-23(28-15-19-5-2-1-3-6-19)25-12-4-7-20(25)16-27-21-10-8-18(9-11-21)13-22-14-24-17-29-22/h1-3,5-6,8-11,20,22,24H,4,7,12-17H2/t20-,22?/m0/s1. The predicted octanol–water partition coefficient (Wildman–Crippen LogP) is 4.07. The zero-order valence-corrected chi connectivity index (χ0v) is 17.4. The summed E-state index contributed by atoms with van der Waals surface area (Å²) in [6.45, 7) is 2.62. The molecule has 0 aliphatic carbocycles. The molecule has 1 N–H and O–H groups in total. The van der Waals surface area contributed by atoms with Crippen molar-refractivity contribution in [3.63, 3.8) is 0 Å². The van der Waals surface area contributed by atoms with E-state index in [1.165, 1.54) is 5.56 Å². The molecule has 1 unspecified atom stereocenters. The summed E-state index contributed by atoms with van der Waals surface area (Å²) >= 11 is 1.98. The van der Waals surface area contributed by atoms with Gasteiger partial charge in [0.05, 0.1) is 6.04 Å². The van der Waals surface area contributed by atoms with Gasteiger partial charge in [0.2, 0.25) is 0 Å². The smallest absolute Gasteiger partial charge is 0.410 e. The lowest BCUT2D eigenvalue weighted by Gasteiger charge is -2.24. The SMILES string of the molecule is O=C(OCc1ccccc1)N1CCC[C@H]1COc1ccc(CC2CNCS2)cc1. The normalized spacial score (nSPS) is 21.3. The van der Waals surface area contributed by atoms with Crippen molar-refractivity contribution < 1.29 is 14.3 Å². The molecule has 1 amide bonds. The first-order valence-corrected chi connectivity index (χ1v) is 11.3. The molecule has 2 heterocycles. The van der Waals surface area contributed by atoms with E-state index < -0.39 is 0 Å². The summed E-state index contributed by atoms with van der Waals surface area (Å²) in [6.07, 6.45) is 2.77. The predicted molar refractivity (Wildman–Crippen MR) is 116 cm³/mol. The summed E-state index contributed by atoms with van der Waals surface area (Å²) in [5, 5.41) is 4.05. The minimum absolute atomic E-state index is 0.0684. The number of ether oxygens (including phenoxy) is 2. The molecule has 0 radical (unpaired) electrons. The van der Waals surface area contributed by atoms with Gasteiger partial charge in [0, 0.05) is 24.2 Å². The van der Waals surface area contributed by atoms with Crippen LogP contribution in [0.5, 0.6) is 5.75 Å². The molecule has 5 nitrogen and oxygen atoms in total. The van der Waals surface area contributed by atoms with Gasteiger partial charge in [-0.25, -0.2) is 4.79 Å². The van der Waals surface area contributed by atoms with Crippen LogP contribution in [0.15, 0.2) is 54.6 Å². The second kappa shape index (κ2) is 10.0. The molecule has 2 aliphatic rings. The van der Waals surface area contributed by atoms with Crippen molar-refractivity contribution in [2.75, 3.05) is 25.6 Å². The van der Waals surface area contributed by atoms with Gasteiger partial charge in [0.15, 0.2) is 0 Å². The fraction of sp³-hybridized carbons (Fsp3) is 0.435. The molecule has 2 aliphatic heterocycles. The number of carbonyl (C=O) groups excluding carboxylic acids is 1. The van der Waals surface area contributed by atoms with Crippen LogP contribution in [0.1, 0.15) is 24.0 Å². The van der Waals surface area contributed by atoms with Gasteiger partial charge in [-0.05, 0) is 42.5 Å². The Bertz CT molecular complexity index is 778. The van der Waals surface area contributed by atoms with Crippen molar-refractivity contribution >= 4 is 17.9 Å². The van der Waals surface area contributed by atoms with Gasteiger partial charge < -0.3 is 19.7 Å². The number of nitrogens with one attached hydrogen (secondary N) is 1. The van der Waals surface area contributed by atoms with E-state index in [-0.39, 0.29) is 12.1 Å². The Morgan fingerprint density at radius 1 is 1.10 bits per heavy atom. The average molecular weight is 413 g/mol. The zero-order valence-electron chi connectivity index (χ0n) is 16.6. The summed E-state index contributed by atoms with van der Waals surface area (Å²) in [5.74, 6) is 1.91. The van der Waals surface area contributed by atoms with Crippen molar-refractivity contribution in [3.05, 3.63) is 65.7 Å². The van der Waals surface area contributed by atoms with E-state index >= 15 is 0 Å². The van der Waals surface area contributed by atoms with Crippen LogP contribution in [0.4, 0.5) is 4.79 Å². The number of likely N-dealkylation sites (tertiary alicyclic amines) is 1. The van der Waals surface area contributed by atoms with Crippen molar-refractivity contribution in [3.8, 4) is 5.75 Å². The van der Waals surface area contributed by atoms with E-state index in [9.17, 15) is 4.79 Å². The molecule has 2 atom stereocenters. The van der Waals surface area contributed by atoms with E-state index in [0.717, 1.165) is 49.5 Å². The highest BCUT2D eigenvalue weighted by Crippen LogP contribution is 2.23. The third kappa shape index (κ3) is 5.67. The zero-order chi connectivity index (χ0) is 19.9. The maximum Gasteiger partial charge on any atom is 0.410 e. The summed E-state index contributed by atoms with van der Waals surface area (Å²) in [5.41, 5.74) is 2.34. The van der Waals surface area contributed by atoms with Crippen LogP contribution in [-0.4, -0.2) is 47.9 Å². The molecule has 2 saturated heterocycles. The number of hydrogen-bond acceptors (Lipinski definition) is 5. The topological polar surface area (TPSA) is 50.8 Å². The third-order valence-corrected chi connectivity index (χ3v) is 6.61. The summed E-state index contributed by atoms with van der Waals surface area (Å²) < 4.78 is 11.5. The van der Waals surface area contributed by atoms with Crippen molar-refractivity contribution in [1.29, 1.82) is 0 Å². The van der Waals surface area contributed by atoms with Gasteiger partial charge >= 0.3 is 6.09 Å². The van der Waals surface area contributed by atoms with E-state index in [0.29, 0.717) is 18.5 Å². The largest absolute Gasteiger partial charge is 0.491 e. The molecule has 2 aromatic carbocycles. The number of nitrogens with zero attached hydrogens (tertiary/aromatic N) is 1. The van der Waals surface area contributed by atoms with Crippen molar-refractivity contribution in [2.45, 2.75) is 37.2 Å². The first-order valence-electron chi connectivity index (χ1n) is 10.3. The molecule has 2 fully saturated rings. The lowest BCUT2D eigenvalue weighted by molar-refractivity contribution is 0.0824. The third-order valence-electron chi connectivity index (χ3n) is 5.44. The highest BCUT2D eigenvalue weighted by atomic mass is 32.2. The minimum Gasteiger partial charge on any atom is -0.491 e. The minimum atomic E-state index is -0.252. The Balaban J connectivity index is 1.24. The summed E-state index contributed by atoms with van der Waals surface area (Å²) in [4.78, 5) is 14.3. The Labute approximate surface area is 176 Å². The molecule has 0 aromatic heterocycles. The van der Waals surface area contributed by atoms with E-state index in [1.807, 2.05) is 59.1 Å². The molecule has 0 saturated carbocycles. The monoisotopic (exact) mass is 412 g/mol. The first-order chi connectivity index (χ1) is 14.3. The second-order valence-corrected chi connectivity index (χ2v) is 8.86. The van der Waals surface area contributed by atoms with Crippen molar-refractivity contribution in [1.82, 2.24) is 10.2 Å². The first kappa shape index (κ1) is 20.1. The fourth-order valence-corrected chi connectivity index (χ4v) is 4.83. The number of carbonyl (C=O) groups is 1. The Hall–Kier alpha value is -2.18. The Kier molecular flexibility index (Phi) is 6.96. The quantitative estimate of drug-likeness (QED) is 0.743. The van der Waals surface area contributed by atoms with Gasteiger partial charge in [-0.15, -0.1) is 11.8 Å². The molecule has 4 rings (SSSR count). The van der Waals surface area contributed by atoms with Crippen LogP contribution in [0.3, 0.4) is 0 Å². The van der Waals surface area contributed by atoms with Gasteiger partial charge in [0.25, 0.3) is 0 Å². The molecular weight excluding hydrogens is 384 g/mol. The molecule has 29 heavy (non-hydrogen) atoms. The lowest BCUT2D eigenvalue weighted by Crippen LogP contribution is -2.39. The average Bonchev–Trinajstić information content (AvgIpc) is 3.44. The molecule has 154 valence electrons. The number of thioether (sulfide) groups is 1.